The summed E-state index contributed by atoms with van der Waals surface area (Å²) in [6.07, 6.45) is 3.95. The number of aromatic nitrogens is 2. The molecule has 1 N–H and O–H groups in total. The number of unbranched alkanes of at least 4 members (excludes halogenated alkanes) is 1. The zero-order valence-electron chi connectivity index (χ0n) is 16.9. The Hall–Kier alpha value is -1.89. The molecule has 3 rings (SSSR count). The van der Waals surface area contributed by atoms with E-state index in [0.717, 1.165) is 89.7 Å². The Kier molecular flexibility index (Phi) is 7.26. The van der Waals surface area contributed by atoms with Crippen molar-refractivity contribution in [2.45, 2.75) is 39.5 Å². The molecule has 2 fully saturated rings. The standard InChI is InChI=1S/C20H34N6O/c1-3-5-10-21-20(27)17-8-11-25(12-9-17)18-6-7-19(23-22-18)26-15-13-24(4-2)14-16-26/h6-7,17H,3-5,8-16H2,1-2H3,(H,21,27). The number of likely N-dealkylation sites (N-methyl/N-ethyl adjacent to an activating group) is 1. The van der Waals surface area contributed by atoms with Crippen LogP contribution in [-0.4, -0.2) is 73.4 Å². The normalized spacial score (nSPS) is 19.3. The van der Waals surface area contributed by atoms with Crippen molar-refractivity contribution in [3.05, 3.63) is 12.1 Å². The van der Waals surface area contributed by atoms with E-state index in [2.05, 4.69) is 56.2 Å². The third-order valence-electron chi connectivity index (χ3n) is 5.80. The summed E-state index contributed by atoms with van der Waals surface area (Å²) in [7, 11) is 0. The van der Waals surface area contributed by atoms with Crippen LogP contribution >= 0.6 is 0 Å². The molecule has 0 unspecified atom stereocenters. The van der Waals surface area contributed by atoms with Gasteiger partial charge in [-0.15, -0.1) is 10.2 Å². The summed E-state index contributed by atoms with van der Waals surface area (Å²) in [6.45, 7) is 12.2. The quantitative estimate of drug-likeness (QED) is 0.734. The molecule has 1 aromatic rings. The zero-order valence-corrected chi connectivity index (χ0v) is 16.9. The van der Waals surface area contributed by atoms with E-state index in [1.807, 2.05) is 0 Å². The molecule has 0 radical (unpaired) electrons. The molecule has 0 bridgehead atoms. The summed E-state index contributed by atoms with van der Waals surface area (Å²) in [6, 6.07) is 4.17. The number of carbonyl (C=O) groups is 1. The van der Waals surface area contributed by atoms with Gasteiger partial charge in [0, 0.05) is 51.7 Å². The van der Waals surface area contributed by atoms with E-state index in [1.54, 1.807) is 0 Å². The number of hydrogen-bond donors (Lipinski definition) is 1. The molecule has 1 amide bonds. The van der Waals surface area contributed by atoms with Crippen molar-refractivity contribution in [3.63, 3.8) is 0 Å². The maximum Gasteiger partial charge on any atom is 0.223 e. The highest BCUT2D eigenvalue weighted by Gasteiger charge is 2.25. The van der Waals surface area contributed by atoms with Crippen molar-refractivity contribution in [2.75, 3.05) is 62.2 Å². The van der Waals surface area contributed by atoms with Crippen molar-refractivity contribution >= 4 is 17.5 Å². The monoisotopic (exact) mass is 374 g/mol. The lowest BCUT2D eigenvalue weighted by Crippen LogP contribution is -2.46. The van der Waals surface area contributed by atoms with Crippen LogP contribution in [0.1, 0.15) is 39.5 Å². The van der Waals surface area contributed by atoms with Gasteiger partial charge >= 0.3 is 0 Å². The lowest BCUT2D eigenvalue weighted by atomic mass is 9.96. The average molecular weight is 375 g/mol. The molecule has 2 aliphatic rings. The molecular weight excluding hydrogens is 340 g/mol. The van der Waals surface area contributed by atoms with Gasteiger partial charge in [0.25, 0.3) is 0 Å². The van der Waals surface area contributed by atoms with E-state index < -0.39 is 0 Å². The number of anilines is 2. The largest absolute Gasteiger partial charge is 0.356 e. The van der Waals surface area contributed by atoms with Crippen LogP contribution in [0, 0.1) is 5.92 Å². The van der Waals surface area contributed by atoms with E-state index in [-0.39, 0.29) is 11.8 Å². The van der Waals surface area contributed by atoms with Gasteiger partial charge in [0.05, 0.1) is 0 Å². The van der Waals surface area contributed by atoms with Gasteiger partial charge in [-0.1, -0.05) is 20.3 Å². The summed E-state index contributed by atoms with van der Waals surface area (Å²) >= 11 is 0. The maximum atomic E-state index is 12.2. The van der Waals surface area contributed by atoms with Gasteiger partial charge in [-0.3, -0.25) is 4.79 Å². The first kappa shape index (κ1) is 19.9. The smallest absolute Gasteiger partial charge is 0.223 e. The summed E-state index contributed by atoms with van der Waals surface area (Å²) in [5.41, 5.74) is 0. The van der Waals surface area contributed by atoms with Gasteiger partial charge in [0.1, 0.15) is 0 Å². The van der Waals surface area contributed by atoms with Crippen molar-refractivity contribution in [1.29, 1.82) is 0 Å². The lowest BCUT2D eigenvalue weighted by molar-refractivity contribution is -0.125. The molecule has 0 aromatic carbocycles. The fourth-order valence-electron chi connectivity index (χ4n) is 3.85. The van der Waals surface area contributed by atoms with Gasteiger partial charge in [-0.2, -0.15) is 0 Å². The van der Waals surface area contributed by atoms with Crippen LogP contribution in [0.5, 0.6) is 0 Å². The van der Waals surface area contributed by atoms with E-state index in [0.29, 0.717) is 0 Å². The highest BCUT2D eigenvalue weighted by molar-refractivity contribution is 5.78. The minimum Gasteiger partial charge on any atom is -0.356 e. The molecule has 1 aromatic heterocycles. The van der Waals surface area contributed by atoms with Crippen LogP contribution in [0.25, 0.3) is 0 Å². The molecule has 0 saturated carbocycles. The molecule has 0 aliphatic carbocycles. The summed E-state index contributed by atoms with van der Waals surface area (Å²) < 4.78 is 0. The van der Waals surface area contributed by atoms with E-state index in [4.69, 9.17) is 0 Å². The number of piperazine rings is 1. The highest BCUT2D eigenvalue weighted by atomic mass is 16.1. The van der Waals surface area contributed by atoms with Crippen LogP contribution < -0.4 is 15.1 Å². The Morgan fingerprint density at radius 2 is 1.59 bits per heavy atom. The molecular formula is C20H34N6O. The molecule has 0 spiro atoms. The van der Waals surface area contributed by atoms with Crippen LogP contribution in [0.3, 0.4) is 0 Å². The molecule has 7 nitrogen and oxygen atoms in total. The molecule has 27 heavy (non-hydrogen) atoms. The van der Waals surface area contributed by atoms with Gasteiger partial charge in [-0.05, 0) is 37.9 Å². The number of piperidine rings is 1. The summed E-state index contributed by atoms with van der Waals surface area (Å²) in [5.74, 6) is 2.26. The Labute approximate surface area is 163 Å². The topological polar surface area (TPSA) is 64.6 Å². The average Bonchev–Trinajstić information content (AvgIpc) is 2.74. The second-order valence-corrected chi connectivity index (χ2v) is 7.58. The van der Waals surface area contributed by atoms with Crippen LogP contribution in [0.4, 0.5) is 11.6 Å². The number of amides is 1. The fourth-order valence-corrected chi connectivity index (χ4v) is 3.85. The van der Waals surface area contributed by atoms with Gasteiger partial charge in [0.15, 0.2) is 11.6 Å². The Bertz CT molecular complexity index is 577. The second-order valence-electron chi connectivity index (χ2n) is 7.58. The first-order valence-corrected chi connectivity index (χ1v) is 10.5. The third-order valence-corrected chi connectivity index (χ3v) is 5.80. The summed E-state index contributed by atoms with van der Waals surface area (Å²) in [5, 5.41) is 12.0. The SMILES string of the molecule is CCCCNC(=O)C1CCN(c2ccc(N3CCN(CC)CC3)nn2)CC1. The summed E-state index contributed by atoms with van der Waals surface area (Å²) in [4.78, 5) is 19.2. The van der Waals surface area contributed by atoms with Crippen LogP contribution in [-0.2, 0) is 4.79 Å². The second kappa shape index (κ2) is 9.88. The molecule has 0 atom stereocenters. The zero-order chi connectivity index (χ0) is 19.1. The molecule has 2 saturated heterocycles. The van der Waals surface area contributed by atoms with Gasteiger partial charge in [-0.25, -0.2) is 0 Å². The number of rotatable bonds is 7. The number of carbonyl (C=O) groups excluding carboxylic acids is 1. The predicted octanol–water partition coefficient (Wildman–Crippen LogP) is 1.75. The number of nitrogens with zero attached hydrogens (tertiary/aromatic N) is 5. The van der Waals surface area contributed by atoms with E-state index >= 15 is 0 Å². The minimum absolute atomic E-state index is 0.139. The minimum atomic E-state index is 0.139. The van der Waals surface area contributed by atoms with Crippen molar-refractivity contribution < 1.29 is 4.79 Å². The van der Waals surface area contributed by atoms with Crippen LogP contribution in [0.15, 0.2) is 12.1 Å². The molecule has 3 heterocycles. The molecule has 150 valence electrons. The van der Waals surface area contributed by atoms with E-state index in [1.165, 1.54) is 0 Å². The lowest BCUT2D eigenvalue weighted by Gasteiger charge is -2.35. The predicted molar refractivity (Wildman–Crippen MR) is 109 cm³/mol. The number of hydrogen-bond acceptors (Lipinski definition) is 6. The first-order chi connectivity index (χ1) is 13.2. The Morgan fingerprint density at radius 1 is 1.00 bits per heavy atom. The Balaban J connectivity index is 1.47. The third kappa shape index (κ3) is 5.31. The van der Waals surface area contributed by atoms with Crippen molar-refractivity contribution in [1.82, 2.24) is 20.4 Å². The maximum absolute atomic E-state index is 12.2. The van der Waals surface area contributed by atoms with Crippen LogP contribution in [0.2, 0.25) is 0 Å². The number of nitrogens with one attached hydrogen (secondary N) is 1. The van der Waals surface area contributed by atoms with Gasteiger partial charge < -0.3 is 20.0 Å². The molecule has 7 heteroatoms. The van der Waals surface area contributed by atoms with Crippen molar-refractivity contribution in [2.24, 2.45) is 5.92 Å². The van der Waals surface area contributed by atoms with Crippen molar-refractivity contribution in [3.8, 4) is 0 Å². The van der Waals surface area contributed by atoms with Gasteiger partial charge in [0.2, 0.25) is 5.91 Å². The van der Waals surface area contributed by atoms with E-state index in [9.17, 15) is 4.79 Å². The highest BCUT2D eigenvalue weighted by Crippen LogP contribution is 2.23. The molecule has 2 aliphatic heterocycles. The fraction of sp³-hybridized carbons (Fsp3) is 0.750. The first-order valence-electron chi connectivity index (χ1n) is 10.5. The Morgan fingerprint density at radius 3 is 2.11 bits per heavy atom.